The van der Waals surface area contributed by atoms with Crippen LogP contribution in [0.15, 0.2) is 54.6 Å². The molecular formula is C20H18FN3O2. The van der Waals surface area contributed by atoms with E-state index >= 15 is 0 Å². The molecule has 26 heavy (non-hydrogen) atoms. The van der Waals surface area contributed by atoms with Crippen LogP contribution in [-0.2, 0) is 0 Å². The van der Waals surface area contributed by atoms with Crippen LogP contribution in [0.4, 0.5) is 4.39 Å². The predicted octanol–water partition coefficient (Wildman–Crippen LogP) is 3.58. The van der Waals surface area contributed by atoms with E-state index in [9.17, 15) is 9.18 Å². The van der Waals surface area contributed by atoms with Gasteiger partial charge in [0.1, 0.15) is 17.3 Å². The molecule has 0 saturated heterocycles. The van der Waals surface area contributed by atoms with Crippen molar-refractivity contribution in [3.8, 4) is 22.7 Å². The van der Waals surface area contributed by atoms with Gasteiger partial charge in [0.15, 0.2) is 0 Å². The number of ether oxygens (including phenoxy) is 1. The number of nitrogens with one attached hydrogen (secondary N) is 1. The number of aromatic nitrogens is 2. The van der Waals surface area contributed by atoms with Crippen LogP contribution >= 0.6 is 0 Å². The first kappa shape index (κ1) is 16.3. The second kappa shape index (κ2) is 6.63. The van der Waals surface area contributed by atoms with Crippen molar-refractivity contribution in [2.75, 3.05) is 7.11 Å². The molecule has 5 nitrogen and oxygen atoms in total. The Balaban J connectivity index is 1.78. The molecule has 0 unspecified atom stereocenters. The number of methoxy groups -OCH3 is 1. The lowest BCUT2D eigenvalue weighted by Gasteiger charge is -2.07. The van der Waals surface area contributed by atoms with E-state index in [0.29, 0.717) is 22.8 Å². The van der Waals surface area contributed by atoms with Crippen molar-refractivity contribution in [1.82, 2.24) is 15.1 Å². The zero-order valence-electron chi connectivity index (χ0n) is 14.3. The summed E-state index contributed by atoms with van der Waals surface area (Å²) in [5, 5.41) is 7.56. The molecule has 1 aliphatic rings. The fraction of sp³-hybridized carbons (Fsp3) is 0.200. The van der Waals surface area contributed by atoms with E-state index < -0.39 is 0 Å². The number of rotatable bonds is 5. The molecule has 0 spiro atoms. The van der Waals surface area contributed by atoms with E-state index in [2.05, 4.69) is 10.4 Å². The molecule has 1 amide bonds. The van der Waals surface area contributed by atoms with E-state index in [1.54, 1.807) is 30.0 Å². The second-order valence-electron chi connectivity index (χ2n) is 6.28. The summed E-state index contributed by atoms with van der Waals surface area (Å²) in [5.74, 6) is 0.194. The van der Waals surface area contributed by atoms with Crippen molar-refractivity contribution in [1.29, 1.82) is 0 Å². The Morgan fingerprint density at radius 2 is 1.96 bits per heavy atom. The van der Waals surface area contributed by atoms with E-state index in [1.807, 2.05) is 24.3 Å². The predicted molar refractivity (Wildman–Crippen MR) is 96.0 cm³/mol. The highest BCUT2D eigenvalue weighted by Crippen LogP contribution is 2.26. The number of hydrogen-bond donors (Lipinski definition) is 1. The van der Waals surface area contributed by atoms with Gasteiger partial charge >= 0.3 is 0 Å². The molecule has 0 aliphatic heterocycles. The number of carbonyl (C=O) groups excluding carboxylic acids is 1. The van der Waals surface area contributed by atoms with Crippen LogP contribution in [0.25, 0.3) is 16.9 Å². The Labute approximate surface area is 150 Å². The summed E-state index contributed by atoms with van der Waals surface area (Å²) < 4.78 is 20.1. The van der Waals surface area contributed by atoms with Gasteiger partial charge < -0.3 is 10.1 Å². The minimum atomic E-state index is -0.335. The van der Waals surface area contributed by atoms with Crippen LogP contribution in [0.1, 0.15) is 23.3 Å². The molecule has 0 atom stereocenters. The lowest BCUT2D eigenvalue weighted by Crippen LogP contribution is -2.27. The van der Waals surface area contributed by atoms with E-state index in [1.165, 1.54) is 12.1 Å². The minimum absolute atomic E-state index is 0.182. The van der Waals surface area contributed by atoms with Gasteiger partial charge in [-0.2, -0.15) is 5.10 Å². The van der Waals surface area contributed by atoms with Gasteiger partial charge in [0.05, 0.1) is 18.5 Å². The maximum atomic E-state index is 13.3. The van der Waals surface area contributed by atoms with E-state index in [4.69, 9.17) is 4.74 Å². The number of hydrogen-bond acceptors (Lipinski definition) is 3. The highest BCUT2D eigenvalue weighted by atomic mass is 19.1. The maximum Gasteiger partial charge on any atom is 0.270 e. The number of halogens is 1. The Morgan fingerprint density at radius 1 is 1.19 bits per heavy atom. The highest BCUT2D eigenvalue weighted by molar-refractivity contribution is 5.94. The molecule has 1 heterocycles. The molecule has 0 bridgehead atoms. The molecule has 3 aromatic rings. The smallest absolute Gasteiger partial charge is 0.270 e. The topological polar surface area (TPSA) is 56.1 Å². The van der Waals surface area contributed by atoms with E-state index in [-0.39, 0.29) is 17.8 Å². The lowest BCUT2D eigenvalue weighted by atomic mass is 10.1. The summed E-state index contributed by atoms with van der Waals surface area (Å²) in [6.07, 6.45) is 2.00. The van der Waals surface area contributed by atoms with Gasteiger partial charge in [-0.25, -0.2) is 9.07 Å². The van der Waals surface area contributed by atoms with Crippen molar-refractivity contribution in [2.24, 2.45) is 0 Å². The van der Waals surface area contributed by atoms with Gasteiger partial charge in [-0.05, 0) is 55.3 Å². The monoisotopic (exact) mass is 351 g/mol. The van der Waals surface area contributed by atoms with Gasteiger partial charge in [0, 0.05) is 11.6 Å². The Kier molecular flexibility index (Phi) is 4.16. The van der Waals surface area contributed by atoms with Crippen molar-refractivity contribution in [3.63, 3.8) is 0 Å². The Bertz CT molecular complexity index is 946. The van der Waals surface area contributed by atoms with Gasteiger partial charge in [-0.3, -0.25) is 4.79 Å². The molecule has 1 aliphatic carbocycles. The number of carbonyl (C=O) groups is 1. The van der Waals surface area contributed by atoms with Gasteiger partial charge in [-0.1, -0.05) is 12.1 Å². The first-order chi connectivity index (χ1) is 12.6. The number of amides is 1. The lowest BCUT2D eigenvalue weighted by molar-refractivity contribution is 0.0943. The third kappa shape index (κ3) is 3.31. The van der Waals surface area contributed by atoms with Crippen LogP contribution in [0.5, 0.6) is 5.75 Å². The summed E-state index contributed by atoms with van der Waals surface area (Å²) in [7, 11) is 1.60. The summed E-state index contributed by atoms with van der Waals surface area (Å²) in [6.45, 7) is 0. The average Bonchev–Trinajstić information content (AvgIpc) is 3.36. The maximum absolute atomic E-state index is 13.3. The number of benzene rings is 2. The van der Waals surface area contributed by atoms with Gasteiger partial charge in [0.2, 0.25) is 0 Å². The standard InChI is InChI=1S/C20H18FN3O2/c1-26-17-4-2-3-13(11-17)18-12-19(20(25)22-15-7-8-15)24(23-18)16-9-5-14(21)6-10-16/h2-6,9-12,15H,7-8H2,1H3,(H,22,25). The quantitative estimate of drug-likeness (QED) is 0.764. The first-order valence-electron chi connectivity index (χ1n) is 8.45. The summed E-state index contributed by atoms with van der Waals surface area (Å²) in [6, 6.07) is 15.4. The molecule has 1 fully saturated rings. The molecule has 4 rings (SSSR count). The average molecular weight is 351 g/mol. The van der Waals surface area contributed by atoms with Crippen LogP contribution in [0.3, 0.4) is 0 Å². The SMILES string of the molecule is COc1cccc(-c2cc(C(=O)NC3CC3)n(-c3ccc(F)cc3)n2)c1. The van der Waals surface area contributed by atoms with Crippen LogP contribution in [0, 0.1) is 5.82 Å². The fourth-order valence-corrected chi connectivity index (χ4v) is 2.73. The van der Waals surface area contributed by atoms with Crippen LogP contribution < -0.4 is 10.1 Å². The Hall–Kier alpha value is -3.15. The van der Waals surface area contributed by atoms with Crippen molar-refractivity contribution in [2.45, 2.75) is 18.9 Å². The molecule has 6 heteroatoms. The normalized spacial score (nSPS) is 13.5. The van der Waals surface area contributed by atoms with Crippen molar-refractivity contribution < 1.29 is 13.9 Å². The largest absolute Gasteiger partial charge is 0.497 e. The molecule has 0 radical (unpaired) electrons. The summed E-state index contributed by atoms with van der Waals surface area (Å²) >= 11 is 0. The molecule has 1 saturated carbocycles. The third-order valence-corrected chi connectivity index (χ3v) is 4.29. The second-order valence-corrected chi connectivity index (χ2v) is 6.28. The van der Waals surface area contributed by atoms with E-state index in [0.717, 1.165) is 18.4 Å². The minimum Gasteiger partial charge on any atom is -0.497 e. The number of nitrogens with zero attached hydrogens (tertiary/aromatic N) is 2. The molecular weight excluding hydrogens is 333 g/mol. The first-order valence-corrected chi connectivity index (χ1v) is 8.45. The third-order valence-electron chi connectivity index (χ3n) is 4.29. The molecule has 1 aromatic heterocycles. The van der Waals surface area contributed by atoms with Crippen LogP contribution in [-0.4, -0.2) is 28.8 Å². The molecule has 2 aromatic carbocycles. The Morgan fingerprint density at radius 3 is 2.65 bits per heavy atom. The molecule has 1 N–H and O–H groups in total. The highest BCUT2D eigenvalue weighted by Gasteiger charge is 2.26. The van der Waals surface area contributed by atoms with Crippen molar-refractivity contribution >= 4 is 5.91 Å². The fourth-order valence-electron chi connectivity index (χ4n) is 2.73. The summed E-state index contributed by atoms with van der Waals surface area (Å²) in [4.78, 5) is 12.7. The zero-order chi connectivity index (χ0) is 18.1. The van der Waals surface area contributed by atoms with Gasteiger partial charge in [0.25, 0.3) is 5.91 Å². The molecule has 132 valence electrons. The van der Waals surface area contributed by atoms with Gasteiger partial charge in [-0.15, -0.1) is 0 Å². The van der Waals surface area contributed by atoms with Crippen molar-refractivity contribution in [3.05, 3.63) is 66.1 Å². The zero-order valence-corrected chi connectivity index (χ0v) is 14.3. The van der Waals surface area contributed by atoms with Crippen LogP contribution in [0.2, 0.25) is 0 Å². The summed E-state index contributed by atoms with van der Waals surface area (Å²) in [5.41, 5.74) is 2.53.